The summed E-state index contributed by atoms with van der Waals surface area (Å²) in [5.74, 6) is 0.906. The Hall–Kier alpha value is -3.17. The van der Waals surface area contributed by atoms with E-state index in [1.807, 2.05) is 6.07 Å². The molecule has 0 aliphatic carbocycles. The number of nitrogens with zero attached hydrogens (tertiary/aromatic N) is 3. The summed E-state index contributed by atoms with van der Waals surface area (Å²) >= 11 is 0. The highest BCUT2D eigenvalue weighted by molar-refractivity contribution is 6.06. The van der Waals surface area contributed by atoms with Crippen molar-refractivity contribution in [2.75, 3.05) is 34.0 Å². The summed E-state index contributed by atoms with van der Waals surface area (Å²) in [7, 11) is 3.11. The summed E-state index contributed by atoms with van der Waals surface area (Å²) in [5, 5.41) is 14.6. The Morgan fingerprint density at radius 2 is 2.00 bits per heavy atom. The highest BCUT2D eigenvalue weighted by Crippen LogP contribution is 2.37. The number of aliphatic hydroxyl groups excluding tert-OH is 1. The number of methoxy groups -OCH3 is 2. The first kappa shape index (κ1) is 21.1. The van der Waals surface area contributed by atoms with Gasteiger partial charge in [-0.25, -0.2) is 4.98 Å². The third-order valence-corrected chi connectivity index (χ3v) is 5.52. The molecule has 3 heterocycles. The lowest BCUT2D eigenvalue weighted by molar-refractivity contribution is -0.0811. The van der Waals surface area contributed by atoms with Gasteiger partial charge in [0.2, 0.25) is 0 Å². The van der Waals surface area contributed by atoms with Gasteiger partial charge in [0.15, 0.2) is 11.5 Å². The molecule has 0 saturated carbocycles. The molecular weight excluding hydrogens is 402 g/mol. The maximum Gasteiger partial charge on any atom is 0.258 e. The number of aryl methyl sites for hydroxylation is 2. The van der Waals surface area contributed by atoms with Crippen molar-refractivity contribution < 1.29 is 28.6 Å². The summed E-state index contributed by atoms with van der Waals surface area (Å²) < 4.78 is 21.9. The molecule has 9 heteroatoms. The van der Waals surface area contributed by atoms with Crippen LogP contribution in [0.2, 0.25) is 0 Å². The van der Waals surface area contributed by atoms with E-state index in [9.17, 15) is 9.90 Å². The van der Waals surface area contributed by atoms with E-state index in [2.05, 4.69) is 10.1 Å². The van der Waals surface area contributed by atoms with Crippen LogP contribution in [0, 0.1) is 13.8 Å². The van der Waals surface area contributed by atoms with Gasteiger partial charge in [0.05, 0.1) is 50.1 Å². The van der Waals surface area contributed by atoms with Gasteiger partial charge in [-0.2, -0.15) is 0 Å². The number of aliphatic hydroxyl groups is 1. The molecule has 3 aromatic rings. The molecular formula is C22H25N3O6. The van der Waals surface area contributed by atoms with E-state index >= 15 is 0 Å². The molecule has 1 aliphatic heterocycles. The van der Waals surface area contributed by atoms with Crippen molar-refractivity contribution in [3.8, 4) is 11.5 Å². The van der Waals surface area contributed by atoms with Crippen LogP contribution in [-0.2, 0) is 4.74 Å². The quantitative estimate of drug-likeness (QED) is 0.662. The van der Waals surface area contributed by atoms with Crippen LogP contribution in [0.5, 0.6) is 11.5 Å². The van der Waals surface area contributed by atoms with Gasteiger partial charge in [-0.05, 0) is 37.6 Å². The van der Waals surface area contributed by atoms with Crippen molar-refractivity contribution in [1.29, 1.82) is 0 Å². The molecule has 2 atom stereocenters. The van der Waals surface area contributed by atoms with Crippen LogP contribution >= 0.6 is 0 Å². The molecule has 1 aliphatic rings. The monoisotopic (exact) mass is 427 g/mol. The second kappa shape index (κ2) is 8.52. The van der Waals surface area contributed by atoms with Crippen LogP contribution in [0.3, 0.4) is 0 Å². The number of aromatic nitrogens is 2. The number of pyridine rings is 1. The van der Waals surface area contributed by atoms with Gasteiger partial charge < -0.3 is 28.7 Å². The van der Waals surface area contributed by atoms with Crippen LogP contribution in [0.25, 0.3) is 11.1 Å². The smallest absolute Gasteiger partial charge is 0.258 e. The largest absolute Gasteiger partial charge is 0.493 e. The van der Waals surface area contributed by atoms with Gasteiger partial charge in [-0.15, -0.1) is 0 Å². The molecule has 0 spiro atoms. The van der Waals surface area contributed by atoms with Crippen molar-refractivity contribution >= 4 is 17.0 Å². The first-order valence-electron chi connectivity index (χ1n) is 9.97. The molecule has 1 saturated heterocycles. The number of carbonyl (C=O) groups excluding carboxylic acids is 1. The Balaban J connectivity index is 1.81. The maximum absolute atomic E-state index is 13.8. The zero-order chi connectivity index (χ0) is 22.1. The molecule has 1 N–H and O–H groups in total. The summed E-state index contributed by atoms with van der Waals surface area (Å²) in [6.45, 7) is 4.02. The minimum Gasteiger partial charge on any atom is -0.493 e. The number of ether oxygens (including phenoxy) is 3. The van der Waals surface area contributed by atoms with Crippen LogP contribution < -0.4 is 9.47 Å². The fourth-order valence-electron chi connectivity index (χ4n) is 4.09. The minimum atomic E-state index is -0.585. The van der Waals surface area contributed by atoms with Gasteiger partial charge in [0.25, 0.3) is 11.6 Å². The third-order valence-electron chi connectivity index (χ3n) is 5.52. The Kier molecular flexibility index (Phi) is 5.79. The highest BCUT2D eigenvalue weighted by atomic mass is 16.5. The second-order valence-corrected chi connectivity index (χ2v) is 7.41. The first-order chi connectivity index (χ1) is 15.0. The minimum absolute atomic E-state index is 0.205. The van der Waals surface area contributed by atoms with Crippen LogP contribution in [0.15, 0.2) is 28.8 Å². The molecule has 2 aromatic heterocycles. The Morgan fingerprint density at radius 1 is 1.23 bits per heavy atom. The molecule has 0 unspecified atom stereocenters. The molecule has 31 heavy (non-hydrogen) atoms. The van der Waals surface area contributed by atoms with E-state index in [0.29, 0.717) is 52.7 Å². The van der Waals surface area contributed by atoms with Crippen LogP contribution in [-0.4, -0.2) is 66.1 Å². The fourth-order valence-corrected chi connectivity index (χ4v) is 4.09. The van der Waals surface area contributed by atoms with Crippen molar-refractivity contribution in [2.45, 2.75) is 26.0 Å². The topological polar surface area (TPSA) is 107 Å². The Bertz CT molecular complexity index is 1110. The number of hydrogen-bond acceptors (Lipinski definition) is 8. The normalized spacial score (nSPS) is 18.9. The maximum atomic E-state index is 13.8. The van der Waals surface area contributed by atoms with Crippen molar-refractivity contribution in [3.63, 3.8) is 0 Å². The molecule has 1 fully saturated rings. The van der Waals surface area contributed by atoms with E-state index in [-0.39, 0.29) is 12.5 Å². The Morgan fingerprint density at radius 3 is 2.71 bits per heavy atom. The summed E-state index contributed by atoms with van der Waals surface area (Å²) in [6.07, 6.45) is -0.585. The molecule has 0 radical (unpaired) electrons. The van der Waals surface area contributed by atoms with E-state index in [1.54, 1.807) is 51.2 Å². The molecule has 1 aromatic carbocycles. The highest BCUT2D eigenvalue weighted by Gasteiger charge is 2.38. The van der Waals surface area contributed by atoms with E-state index < -0.39 is 12.1 Å². The average Bonchev–Trinajstić information content (AvgIpc) is 3.17. The van der Waals surface area contributed by atoms with Crippen molar-refractivity contribution in [2.24, 2.45) is 0 Å². The number of hydrogen-bond donors (Lipinski definition) is 1. The van der Waals surface area contributed by atoms with Gasteiger partial charge in [0.1, 0.15) is 6.10 Å². The van der Waals surface area contributed by atoms with E-state index in [1.165, 1.54) is 0 Å². The van der Waals surface area contributed by atoms with E-state index in [0.717, 1.165) is 5.56 Å². The number of carbonyl (C=O) groups is 1. The summed E-state index contributed by atoms with van der Waals surface area (Å²) in [6, 6.07) is 6.65. The fraction of sp³-hybridized carbons (Fsp3) is 0.409. The SMILES string of the molecule is COc1ccc([C@@H]2[C@@H](CO)OCCN2C(=O)c2cc(C)nc3onc(C)c23)cc1OC. The average molecular weight is 427 g/mol. The number of fused-ring (bicyclic) bond motifs is 1. The lowest BCUT2D eigenvalue weighted by Gasteiger charge is -2.41. The van der Waals surface area contributed by atoms with Gasteiger partial charge in [-0.3, -0.25) is 4.79 Å². The predicted molar refractivity (Wildman–Crippen MR) is 111 cm³/mol. The molecule has 9 nitrogen and oxygen atoms in total. The summed E-state index contributed by atoms with van der Waals surface area (Å²) in [4.78, 5) is 19.8. The standard InChI is InChI=1S/C22H25N3O6/c1-12-9-15(19-13(2)24-31-21(19)23-12)22(27)25-7-8-30-18(11-26)20(25)14-5-6-16(28-3)17(10-14)29-4/h5-6,9-10,18,20,26H,7-8,11H2,1-4H3/t18-,20-/m1/s1. The number of morpholine rings is 1. The van der Waals surface area contributed by atoms with Gasteiger partial charge in [0, 0.05) is 12.2 Å². The second-order valence-electron chi connectivity index (χ2n) is 7.41. The predicted octanol–water partition coefficient (Wildman–Crippen LogP) is 2.43. The first-order valence-corrected chi connectivity index (χ1v) is 9.97. The van der Waals surface area contributed by atoms with Crippen LogP contribution in [0.1, 0.15) is 33.4 Å². The molecule has 4 rings (SSSR count). The lowest BCUT2D eigenvalue weighted by atomic mass is 9.96. The Labute approximate surface area is 179 Å². The van der Waals surface area contributed by atoms with Crippen molar-refractivity contribution in [1.82, 2.24) is 15.0 Å². The number of amides is 1. The number of benzene rings is 1. The van der Waals surface area contributed by atoms with E-state index in [4.69, 9.17) is 18.7 Å². The third kappa shape index (κ3) is 3.70. The van der Waals surface area contributed by atoms with Crippen molar-refractivity contribution in [3.05, 3.63) is 46.8 Å². The molecule has 164 valence electrons. The zero-order valence-electron chi connectivity index (χ0n) is 17.9. The number of rotatable bonds is 5. The molecule has 0 bridgehead atoms. The molecule has 1 amide bonds. The van der Waals surface area contributed by atoms with Crippen LogP contribution in [0.4, 0.5) is 0 Å². The summed E-state index contributed by atoms with van der Waals surface area (Å²) in [5.41, 5.74) is 2.82. The van der Waals surface area contributed by atoms with Gasteiger partial charge in [-0.1, -0.05) is 11.2 Å². The zero-order valence-corrected chi connectivity index (χ0v) is 17.9. The van der Waals surface area contributed by atoms with Gasteiger partial charge >= 0.3 is 0 Å². The lowest BCUT2D eigenvalue weighted by Crippen LogP contribution is -2.49.